The van der Waals surface area contributed by atoms with Crippen LogP contribution in [-0.2, 0) is 16.0 Å². The maximum absolute atomic E-state index is 12.9. The summed E-state index contributed by atoms with van der Waals surface area (Å²) >= 11 is 6.04. The normalized spacial score (nSPS) is 12.6. The van der Waals surface area contributed by atoms with Crippen LogP contribution < -0.4 is 11.1 Å². The number of benzene rings is 2. The van der Waals surface area contributed by atoms with Crippen molar-refractivity contribution in [3.8, 4) is 6.07 Å². The van der Waals surface area contributed by atoms with Crippen LogP contribution in [0.1, 0.15) is 46.4 Å². The van der Waals surface area contributed by atoms with E-state index in [4.69, 9.17) is 27.3 Å². The summed E-state index contributed by atoms with van der Waals surface area (Å²) in [6.07, 6.45) is 3.74. The molecule has 1 atom stereocenters. The van der Waals surface area contributed by atoms with Crippen LogP contribution in [0.15, 0.2) is 71.4 Å². The predicted molar refractivity (Wildman–Crippen MR) is 120 cm³/mol. The Balaban J connectivity index is 2.12. The molecular formula is C24H24ClN3O3. The van der Waals surface area contributed by atoms with Gasteiger partial charge in [-0.15, -0.1) is 0 Å². The number of allylic oxidation sites excluding steroid dienone is 2. The van der Waals surface area contributed by atoms with E-state index >= 15 is 0 Å². The number of rotatable bonds is 8. The topological polar surface area (TPSA) is 105 Å². The van der Waals surface area contributed by atoms with Gasteiger partial charge in [-0.2, -0.15) is 5.26 Å². The van der Waals surface area contributed by atoms with E-state index in [0.717, 1.165) is 11.1 Å². The van der Waals surface area contributed by atoms with Crippen LogP contribution in [0.4, 0.5) is 0 Å². The zero-order chi connectivity index (χ0) is 22.8. The van der Waals surface area contributed by atoms with Crippen molar-refractivity contribution in [1.82, 2.24) is 5.32 Å². The number of aryl methyl sites for hydroxylation is 1. The number of esters is 1. The van der Waals surface area contributed by atoms with E-state index in [1.54, 1.807) is 36.4 Å². The molecule has 0 radical (unpaired) electrons. The molecule has 0 saturated carbocycles. The number of carbonyl (C=O) groups excluding carboxylic acids is 2. The smallest absolute Gasteiger partial charge is 0.337 e. The van der Waals surface area contributed by atoms with Gasteiger partial charge < -0.3 is 15.8 Å². The highest BCUT2D eigenvalue weighted by Crippen LogP contribution is 2.18. The monoisotopic (exact) mass is 437 g/mol. The fraction of sp³-hybridized carbons (Fsp3) is 0.208. The summed E-state index contributed by atoms with van der Waals surface area (Å²) in [4.78, 5) is 24.5. The lowest BCUT2D eigenvalue weighted by molar-refractivity contribution is -0.118. The maximum atomic E-state index is 12.9. The fourth-order valence-corrected chi connectivity index (χ4v) is 3.07. The number of halogens is 1. The van der Waals surface area contributed by atoms with E-state index in [2.05, 4.69) is 11.4 Å². The number of nitrogens with zero attached hydrogens (tertiary/aromatic N) is 1. The van der Waals surface area contributed by atoms with Gasteiger partial charge in [-0.05, 0) is 61.2 Å². The van der Waals surface area contributed by atoms with Gasteiger partial charge in [0.2, 0.25) is 5.91 Å². The summed E-state index contributed by atoms with van der Waals surface area (Å²) in [6, 6.07) is 15.9. The average Bonchev–Trinajstić information content (AvgIpc) is 2.80. The van der Waals surface area contributed by atoms with Crippen LogP contribution in [0.25, 0.3) is 0 Å². The number of methoxy groups -OCH3 is 1. The first-order valence-corrected chi connectivity index (χ1v) is 10.0. The largest absolute Gasteiger partial charge is 0.465 e. The standard InChI is InChI=1S/C24H24ClN3O3/c1-16(19-8-10-20(11-9-19)24(30)31-2)28-23(29)21(13-22(25)15-27)7-6-17-4-3-5-18(12-17)14-26/h3-5,8-13,15-16H,6-7,27H2,1-2H3,(H,28,29)/b21-13+,22-15+. The Morgan fingerprint density at radius 3 is 2.58 bits per heavy atom. The minimum absolute atomic E-state index is 0.256. The minimum atomic E-state index is -0.419. The van der Waals surface area contributed by atoms with Gasteiger partial charge in [-0.1, -0.05) is 35.9 Å². The van der Waals surface area contributed by atoms with Crippen LogP contribution >= 0.6 is 11.6 Å². The van der Waals surface area contributed by atoms with E-state index in [1.165, 1.54) is 19.4 Å². The quantitative estimate of drug-likeness (QED) is 0.367. The number of nitriles is 1. The van der Waals surface area contributed by atoms with Gasteiger partial charge in [-0.25, -0.2) is 4.79 Å². The Morgan fingerprint density at radius 1 is 1.26 bits per heavy atom. The number of amides is 1. The molecule has 2 rings (SSSR count). The van der Waals surface area contributed by atoms with E-state index in [9.17, 15) is 9.59 Å². The fourth-order valence-electron chi connectivity index (χ4n) is 2.94. The van der Waals surface area contributed by atoms with Gasteiger partial charge in [0.15, 0.2) is 0 Å². The average molecular weight is 438 g/mol. The van der Waals surface area contributed by atoms with Crippen molar-refractivity contribution >= 4 is 23.5 Å². The van der Waals surface area contributed by atoms with E-state index in [1.807, 2.05) is 19.1 Å². The minimum Gasteiger partial charge on any atom is -0.465 e. The first-order chi connectivity index (χ1) is 14.9. The van der Waals surface area contributed by atoms with Gasteiger partial charge in [-0.3, -0.25) is 4.79 Å². The number of nitrogens with two attached hydrogens (primary N) is 1. The van der Waals surface area contributed by atoms with E-state index < -0.39 is 5.97 Å². The molecular weight excluding hydrogens is 414 g/mol. The van der Waals surface area contributed by atoms with Gasteiger partial charge in [0.05, 0.1) is 35.4 Å². The molecule has 7 heteroatoms. The zero-order valence-electron chi connectivity index (χ0n) is 17.4. The Kier molecular flexibility index (Phi) is 8.86. The van der Waals surface area contributed by atoms with Crippen molar-refractivity contribution in [3.63, 3.8) is 0 Å². The third-order valence-electron chi connectivity index (χ3n) is 4.68. The molecule has 31 heavy (non-hydrogen) atoms. The van der Waals surface area contributed by atoms with E-state index in [-0.39, 0.29) is 17.0 Å². The zero-order valence-corrected chi connectivity index (χ0v) is 18.1. The predicted octanol–water partition coefficient (Wildman–Crippen LogP) is 4.12. The highest BCUT2D eigenvalue weighted by Gasteiger charge is 2.15. The summed E-state index contributed by atoms with van der Waals surface area (Å²) in [5, 5.41) is 12.3. The number of nitrogens with one attached hydrogen (secondary N) is 1. The number of ether oxygens (including phenoxy) is 1. The first kappa shape index (κ1) is 23.7. The second-order valence-corrected chi connectivity index (χ2v) is 7.28. The second-order valence-electron chi connectivity index (χ2n) is 6.84. The van der Waals surface area contributed by atoms with Crippen molar-refractivity contribution in [2.45, 2.75) is 25.8 Å². The van der Waals surface area contributed by atoms with Crippen molar-refractivity contribution in [2.24, 2.45) is 5.73 Å². The molecule has 0 aliphatic rings. The first-order valence-electron chi connectivity index (χ1n) is 9.64. The molecule has 1 unspecified atom stereocenters. The van der Waals surface area contributed by atoms with Crippen LogP contribution in [0.3, 0.4) is 0 Å². The number of hydrogen-bond donors (Lipinski definition) is 2. The molecule has 160 valence electrons. The van der Waals surface area contributed by atoms with Gasteiger partial charge in [0, 0.05) is 11.8 Å². The third-order valence-corrected chi connectivity index (χ3v) is 4.92. The summed E-state index contributed by atoms with van der Waals surface area (Å²) in [6.45, 7) is 1.85. The highest BCUT2D eigenvalue weighted by molar-refractivity contribution is 6.31. The third kappa shape index (κ3) is 7.02. The lowest BCUT2D eigenvalue weighted by Gasteiger charge is -2.16. The van der Waals surface area contributed by atoms with Crippen LogP contribution in [-0.4, -0.2) is 19.0 Å². The molecule has 0 aliphatic carbocycles. The Bertz CT molecular complexity index is 1040. The maximum Gasteiger partial charge on any atom is 0.337 e. The second kappa shape index (κ2) is 11.6. The Labute approximate surface area is 187 Å². The highest BCUT2D eigenvalue weighted by atomic mass is 35.5. The Morgan fingerprint density at radius 2 is 1.97 bits per heavy atom. The van der Waals surface area contributed by atoms with Gasteiger partial charge in [0.1, 0.15) is 0 Å². The molecule has 0 aliphatic heterocycles. The molecule has 0 bridgehead atoms. The van der Waals surface area contributed by atoms with Crippen molar-refractivity contribution in [2.75, 3.05) is 7.11 Å². The SMILES string of the molecule is COC(=O)c1ccc(C(C)NC(=O)/C(=C/C(Cl)=C\N)CCc2cccc(C#N)c2)cc1. The molecule has 0 saturated heterocycles. The Hall–Kier alpha value is -3.56. The molecule has 0 spiro atoms. The molecule has 0 fully saturated rings. The van der Waals surface area contributed by atoms with Crippen LogP contribution in [0.5, 0.6) is 0 Å². The van der Waals surface area contributed by atoms with Crippen LogP contribution in [0, 0.1) is 11.3 Å². The summed E-state index contributed by atoms with van der Waals surface area (Å²) in [5.41, 5.74) is 8.71. The molecule has 2 aromatic carbocycles. The molecule has 6 nitrogen and oxygen atoms in total. The molecule has 3 N–H and O–H groups in total. The summed E-state index contributed by atoms with van der Waals surface area (Å²) in [5.74, 6) is -0.696. The van der Waals surface area contributed by atoms with Gasteiger partial charge in [0.25, 0.3) is 0 Å². The van der Waals surface area contributed by atoms with E-state index in [0.29, 0.717) is 29.5 Å². The van der Waals surface area contributed by atoms with Crippen molar-refractivity contribution in [3.05, 3.63) is 93.7 Å². The molecule has 0 aromatic heterocycles. The molecule has 0 heterocycles. The summed E-state index contributed by atoms with van der Waals surface area (Å²) < 4.78 is 4.70. The van der Waals surface area contributed by atoms with Crippen molar-refractivity contribution < 1.29 is 14.3 Å². The lowest BCUT2D eigenvalue weighted by Crippen LogP contribution is -2.28. The van der Waals surface area contributed by atoms with Crippen LogP contribution in [0.2, 0.25) is 0 Å². The molecule has 1 amide bonds. The number of carbonyl (C=O) groups is 2. The van der Waals surface area contributed by atoms with Crippen molar-refractivity contribution in [1.29, 1.82) is 5.26 Å². The van der Waals surface area contributed by atoms with Gasteiger partial charge >= 0.3 is 5.97 Å². The molecule has 2 aromatic rings. The lowest BCUT2D eigenvalue weighted by atomic mass is 10.0. The summed E-state index contributed by atoms with van der Waals surface area (Å²) in [7, 11) is 1.32. The number of hydrogen-bond acceptors (Lipinski definition) is 5.